The molecule has 0 atom stereocenters. The van der Waals surface area contributed by atoms with Gasteiger partial charge >= 0.3 is 5.97 Å². The SMILES string of the molecule is COc1c(C)cc(C)c(Br)c1CCCC(=O)O. The van der Waals surface area contributed by atoms with Gasteiger partial charge in [-0.1, -0.05) is 22.0 Å². The molecule has 0 amide bonds. The number of ether oxygens (including phenoxy) is 1. The molecule has 1 rings (SSSR count). The van der Waals surface area contributed by atoms with Crippen molar-refractivity contribution in [3.63, 3.8) is 0 Å². The molecule has 0 aromatic heterocycles. The Morgan fingerprint density at radius 1 is 1.41 bits per heavy atom. The number of carboxylic acids is 1. The van der Waals surface area contributed by atoms with Gasteiger partial charge in [0.2, 0.25) is 0 Å². The molecule has 4 heteroatoms. The summed E-state index contributed by atoms with van der Waals surface area (Å²) in [5, 5.41) is 8.65. The molecule has 1 aromatic rings. The molecule has 3 nitrogen and oxygen atoms in total. The minimum absolute atomic E-state index is 0.183. The minimum atomic E-state index is -0.760. The van der Waals surface area contributed by atoms with Crippen molar-refractivity contribution in [3.05, 3.63) is 27.2 Å². The number of hydrogen-bond donors (Lipinski definition) is 1. The Kier molecular flexibility index (Phi) is 5.00. The van der Waals surface area contributed by atoms with E-state index in [4.69, 9.17) is 9.84 Å². The van der Waals surface area contributed by atoms with Crippen molar-refractivity contribution in [1.82, 2.24) is 0 Å². The van der Waals surface area contributed by atoms with Crippen LogP contribution >= 0.6 is 15.9 Å². The molecule has 94 valence electrons. The molecule has 0 aliphatic rings. The van der Waals surface area contributed by atoms with Gasteiger partial charge in [-0.15, -0.1) is 0 Å². The Balaban J connectivity index is 2.99. The molecular weight excluding hydrogens is 284 g/mol. The number of rotatable bonds is 5. The van der Waals surface area contributed by atoms with E-state index in [-0.39, 0.29) is 6.42 Å². The van der Waals surface area contributed by atoms with E-state index in [2.05, 4.69) is 22.0 Å². The first-order valence-electron chi connectivity index (χ1n) is 5.51. The maximum Gasteiger partial charge on any atom is 0.303 e. The van der Waals surface area contributed by atoms with Crippen LogP contribution in [0.4, 0.5) is 0 Å². The lowest BCUT2D eigenvalue weighted by atomic mass is 10.0. The summed E-state index contributed by atoms with van der Waals surface area (Å²) in [5.41, 5.74) is 3.29. The van der Waals surface area contributed by atoms with Gasteiger partial charge in [0, 0.05) is 16.5 Å². The number of hydrogen-bond acceptors (Lipinski definition) is 2. The maximum absolute atomic E-state index is 10.5. The summed E-state index contributed by atoms with van der Waals surface area (Å²) in [6, 6.07) is 2.06. The number of aliphatic carboxylic acids is 1. The molecule has 1 aromatic carbocycles. The molecule has 0 fully saturated rings. The molecule has 0 saturated carbocycles. The van der Waals surface area contributed by atoms with Crippen LogP contribution in [-0.4, -0.2) is 18.2 Å². The van der Waals surface area contributed by atoms with Crippen LogP contribution in [0.5, 0.6) is 5.75 Å². The second-order valence-corrected chi connectivity index (χ2v) is 4.88. The first kappa shape index (κ1) is 14.0. The monoisotopic (exact) mass is 300 g/mol. The number of aryl methyl sites for hydroxylation is 2. The van der Waals surface area contributed by atoms with Crippen molar-refractivity contribution in [2.75, 3.05) is 7.11 Å². The predicted octanol–water partition coefficient (Wildman–Crippen LogP) is 3.48. The molecule has 0 aliphatic heterocycles. The largest absolute Gasteiger partial charge is 0.496 e. The summed E-state index contributed by atoms with van der Waals surface area (Å²) in [5.74, 6) is 0.0947. The lowest BCUT2D eigenvalue weighted by molar-refractivity contribution is -0.137. The van der Waals surface area contributed by atoms with E-state index in [1.165, 1.54) is 0 Å². The molecule has 0 spiro atoms. The van der Waals surface area contributed by atoms with Crippen molar-refractivity contribution in [1.29, 1.82) is 0 Å². The Morgan fingerprint density at radius 3 is 2.59 bits per heavy atom. The minimum Gasteiger partial charge on any atom is -0.496 e. The fourth-order valence-electron chi connectivity index (χ4n) is 1.95. The van der Waals surface area contributed by atoms with Gasteiger partial charge in [0.15, 0.2) is 0 Å². The van der Waals surface area contributed by atoms with Gasteiger partial charge in [0.25, 0.3) is 0 Å². The van der Waals surface area contributed by atoms with Crippen LogP contribution < -0.4 is 4.74 Å². The summed E-state index contributed by atoms with van der Waals surface area (Å²) >= 11 is 3.55. The summed E-state index contributed by atoms with van der Waals surface area (Å²) in [6.45, 7) is 4.02. The predicted molar refractivity (Wildman–Crippen MR) is 70.7 cm³/mol. The fraction of sp³-hybridized carbons (Fsp3) is 0.462. The number of carboxylic acid groups (broad SMARTS) is 1. The Morgan fingerprint density at radius 2 is 2.06 bits per heavy atom. The smallest absolute Gasteiger partial charge is 0.303 e. The van der Waals surface area contributed by atoms with Crippen molar-refractivity contribution in [2.24, 2.45) is 0 Å². The van der Waals surface area contributed by atoms with Gasteiger partial charge in [-0.2, -0.15) is 0 Å². The lowest BCUT2D eigenvalue weighted by Gasteiger charge is -2.15. The number of carbonyl (C=O) groups is 1. The lowest BCUT2D eigenvalue weighted by Crippen LogP contribution is -2.01. The number of methoxy groups -OCH3 is 1. The van der Waals surface area contributed by atoms with E-state index in [0.717, 1.165) is 26.9 Å². The van der Waals surface area contributed by atoms with E-state index in [9.17, 15) is 4.79 Å². The molecule has 0 radical (unpaired) electrons. The Hall–Kier alpha value is -1.03. The van der Waals surface area contributed by atoms with Crippen molar-refractivity contribution in [2.45, 2.75) is 33.1 Å². The van der Waals surface area contributed by atoms with E-state index >= 15 is 0 Å². The highest BCUT2D eigenvalue weighted by atomic mass is 79.9. The zero-order valence-corrected chi connectivity index (χ0v) is 11.9. The Labute approximate surface area is 110 Å². The highest BCUT2D eigenvalue weighted by Crippen LogP contribution is 2.34. The van der Waals surface area contributed by atoms with Crippen LogP contribution in [0.2, 0.25) is 0 Å². The molecule has 0 bridgehead atoms. The zero-order valence-electron chi connectivity index (χ0n) is 10.3. The van der Waals surface area contributed by atoms with Crippen LogP contribution in [0.1, 0.15) is 29.5 Å². The average Bonchev–Trinajstić information content (AvgIpc) is 2.24. The van der Waals surface area contributed by atoms with Crippen LogP contribution in [0.3, 0.4) is 0 Å². The summed E-state index contributed by atoms with van der Waals surface area (Å²) in [7, 11) is 1.64. The van der Waals surface area contributed by atoms with Gasteiger partial charge in [-0.3, -0.25) is 4.79 Å². The zero-order chi connectivity index (χ0) is 13.0. The Bertz CT molecular complexity index is 427. The van der Waals surface area contributed by atoms with Gasteiger partial charge in [0.05, 0.1) is 7.11 Å². The maximum atomic E-state index is 10.5. The molecule has 0 heterocycles. The van der Waals surface area contributed by atoms with Gasteiger partial charge in [-0.05, 0) is 37.8 Å². The first-order valence-corrected chi connectivity index (χ1v) is 6.31. The molecule has 1 N–H and O–H groups in total. The quantitative estimate of drug-likeness (QED) is 0.905. The third-order valence-corrected chi connectivity index (χ3v) is 3.80. The van der Waals surface area contributed by atoms with Gasteiger partial charge < -0.3 is 9.84 Å². The normalized spacial score (nSPS) is 10.4. The van der Waals surface area contributed by atoms with Crippen LogP contribution in [-0.2, 0) is 11.2 Å². The topological polar surface area (TPSA) is 46.5 Å². The average molecular weight is 301 g/mol. The molecule has 0 saturated heterocycles. The summed E-state index contributed by atoms with van der Waals surface area (Å²) in [6.07, 6.45) is 1.51. The van der Waals surface area contributed by atoms with E-state index in [1.807, 2.05) is 13.8 Å². The van der Waals surface area contributed by atoms with E-state index < -0.39 is 5.97 Å². The second kappa shape index (κ2) is 6.05. The van der Waals surface area contributed by atoms with Crippen LogP contribution in [0.25, 0.3) is 0 Å². The van der Waals surface area contributed by atoms with Crippen LogP contribution in [0, 0.1) is 13.8 Å². The molecule has 17 heavy (non-hydrogen) atoms. The first-order chi connectivity index (χ1) is 7.97. The summed E-state index contributed by atoms with van der Waals surface area (Å²) < 4.78 is 6.41. The molecule has 0 unspecified atom stereocenters. The van der Waals surface area contributed by atoms with Crippen LogP contribution in [0.15, 0.2) is 10.5 Å². The highest BCUT2D eigenvalue weighted by molar-refractivity contribution is 9.10. The highest BCUT2D eigenvalue weighted by Gasteiger charge is 2.13. The fourth-order valence-corrected chi connectivity index (χ4v) is 2.45. The molecule has 0 aliphatic carbocycles. The van der Waals surface area contributed by atoms with E-state index in [0.29, 0.717) is 12.8 Å². The summed E-state index contributed by atoms with van der Waals surface area (Å²) in [4.78, 5) is 10.5. The third-order valence-electron chi connectivity index (χ3n) is 2.70. The standard InChI is InChI=1S/C13H17BrO3/c1-8-7-9(2)13(17-3)10(12(8)14)5-4-6-11(15)16/h7H,4-6H2,1-3H3,(H,15,16). The van der Waals surface area contributed by atoms with Crippen molar-refractivity contribution in [3.8, 4) is 5.75 Å². The molecular formula is C13H17BrO3. The van der Waals surface area contributed by atoms with E-state index in [1.54, 1.807) is 7.11 Å². The van der Waals surface area contributed by atoms with Crippen molar-refractivity contribution >= 4 is 21.9 Å². The number of halogens is 1. The number of benzene rings is 1. The second-order valence-electron chi connectivity index (χ2n) is 4.08. The third kappa shape index (κ3) is 3.46. The van der Waals surface area contributed by atoms with Gasteiger partial charge in [0.1, 0.15) is 5.75 Å². The van der Waals surface area contributed by atoms with Gasteiger partial charge in [-0.25, -0.2) is 0 Å². The van der Waals surface area contributed by atoms with Crippen molar-refractivity contribution < 1.29 is 14.6 Å².